The molecule has 0 saturated heterocycles. The summed E-state index contributed by atoms with van der Waals surface area (Å²) in [6.45, 7) is 5.53. The van der Waals surface area contributed by atoms with Gasteiger partial charge in [0.15, 0.2) is 0 Å². The van der Waals surface area contributed by atoms with Crippen LogP contribution >= 0.6 is 31.9 Å². The van der Waals surface area contributed by atoms with Gasteiger partial charge in [0.25, 0.3) is 0 Å². The number of ether oxygens (including phenoxy) is 2. The molecule has 0 aliphatic carbocycles. The normalized spacial score (nSPS) is 17.5. The van der Waals surface area contributed by atoms with E-state index in [2.05, 4.69) is 42.5 Å². The van der Waals surface area contributed by atoms with Gasteiger partial charge in [-0.2, -0.15) is 0 Å². The maximum Gasteiger partial charge on any atom is 0.337 e. The fourth-order valence-electron chi connectivity index (χ4n) is 2.42. The van der Waals surface area contributed by atoms with E-state index in [-0.39, 0.29) is 12.1 Å². The molecular weight excluding hydrogens is 444 g/mol. The molecule has 1 atom stereocenters. The molecule has 0 bridgehead atoms. The monoisotopic (exact) mass is 460 g/mol. The molecule has 2 amide bonds. The molecule has 1 aromatic carbocycles. The second-order valence-electron chi connectivity index (χ2n) is 5.54. The third-order valence-corrected chi connectivity index (χ3v) is 4.56. The number of amides is 2. The highest BCUT2D eigenvalue weighted by Gasteiger charge is 2.32. The van der Waals surface area contributed by atoms with E-state index in [1.54, 1.807) is 6.92 Å². The second kappa shape index (κ2) is 7.57. The first-order chi connectivity index (χ1) is 11.2. The smallest absolute Gasteiger partial charge is 0.337 e. The van der Waals surface area contributed by atoms with Crippen LogP contribution in [0.2, 0.25) is 0 Å². The summed E-state index contributed by atoms with van der Waals surface area (Å²) in [5.74, 6) is 0.161. The van der Waals surface area contributed by atoms with Crippen LogP contribution in [-0.4, -0.2) is 25.2 Å². The number of benzene rings is 1. The number of allylic oxidation sites excluding steroid dienone is 1. The first-order valence-electron chi connectivity index (χ1n) is 7.26. The van der Waals surface area contributed by atoms with Gasteiger partial charge in [-0.25, -0.2) is 9.59 Å². The molecule has 0 aromatic heterocycles. The number of methoxy groups -OCH3 is 1. The Bertz CT molecular complexity index is 693. The fraction of sp³-hybridized carbons (Fsp3) is 0.375. The van der Waals surface area contributed by atoms with E-state index in [1.165, 1.54) is 7.11 Å². The molecule has 1 unspecified atom stereocenters. The third kappa shape index (κ3) is 3.92. The van der Waals surface area contributed by atoms with Crippen LogP contribution in [0.15, 0.2) is 32.3 Å². The third-order valence-electron chi connectivity index (χ3n) is 3.38. The van der Waals surface area contributed by atoms with Crippen molar-refractivity contribution in [3.63, 3.8) is 0 Å². The van der Waals surface area contributed by atoms with Gasteiger partial charge in [-0.15, -0.1) is 0 Å². The minimum atomic E-state index is -0.619. The van der Waals surface area contributed by atoms with Crippen molar-refractivity contribution in [2.24, 2.45) is 0 Å². The van der Waals surface area contributed by atoms with Crippen molar-refractivity contribution in [3.05, 3.63) is 37.9 Å². The highest BCUT2D eigenvalue weighted by atomic mass is 79.9. The molecule has 0 saturated carbocycles. The van der Waals surface area contributed by atoms with Gasteiger partial charge in [0, 0.05) is 5.70 Å². The molecule has 1 aliphatic rings. The predicted molar refractivity (Wildman–Crippen MR) is 96.7 cm³/mol. The number of urea groups is 1. The van der Waals surface area contributed by atoms with Crippen molar-refractivity contribution in [2.45, 2.75) is 32.9 Å². The molecule has 1 heterocycles. The molecular formula is C16H18Br2N2O4. The molecule has 6 nitrogen and oxygen atoms in total. The molecule has 1 aromatic rings. The number of esters is 1. The Balaban J connectivity index is 2.51. The van der Waals surface area contributed by atoms with Gasteiger partial charge in [0.05, 0.1) is 33.8 Å². The zero-order valence-electron chi connectivity index (χ0n) is 13.7. The molecule has 0 spiro atoms. The number of nitrogens with one attached hydrogen (secondary N) is 2. The van der Waals surface area contributed by atoms with Gasteiger partial charge >= 0.3 is 12.0 Å². The number of carbonyl (C=O) groups is 2. The molecule has 8 heteroatoms. The zero-order chi connectivity index (χ0) is 18.0. The summed E-state index contributed by atoms with van der Waals surface area (Å²) < 4.78 is 12.0. The maximum absolute atomic E-state index is 12.1. The van der Waals surface area contributed by atoms with Crippen LogP contribution in [0.5, 0.6) is 5.75 Å². The summed E-state index contributed by atoms with van der Waals surface area (Å²) >= 11 is 6.96. The number of carbonyl (C=O) groups excluding carboxylic acids is 2. The van der Waals surface area contributed by atoms with Crippen molar-refractivity contribution in [1.82, 2.24) is 10.6 Å². The minimum Gasteiger partial charge on any atom is -0.489 e. The van der Waals surface area contributed by atoms with Crippen LogP contribution in [0, 0.1) is 0 Å². The Morgan fingerprint density at radius 1 is 1.25 bits per heavy atom. The average molecular weight is 462 g/mol. The Morgan fingerprint density at radius 3 is 2.33 bits per heavy atom. The van der Waals surface area contributed by atoms with Gasteiger partial charge in [-0.1, -0.05) is 0 Å². The molecule has 0 radical (unpaired) electrons. The van der Waals surface area contributed by atoms with E-state index in [1.807, 2.05) is 26.0 Å². The standard InChI is InChI=1S/C16H18Br2N2O4/c1-7(2)24-14-10(17)5-9(6-11(14)18)13-12(15(21)23-4)8(3)19-16(22)20-13/h5-7,13H,1-4H3,(H2,19,20,22). The zero-order valence-corrected chi connectivity index (χ0v) is 16.9. The van der Waals surface area contributed by atoms with Gasteiger partial charge in [0.1, 0.15) is 5.75 Å². The number of rotatable bonds is 4. The molecule has 2 rings (SSSR count). The lowest BCUT2D eigenvalue weighted by Crippen LogP contribution is -2.45. The SMILES string of the molecule is COC(=O)C1=C(C)NC(=O)NC1c1cc(Br)c(OC(C)C)c(Br)c1. The molecule has 130 valence electrons. The summed E-state index contributed by atoms with van der Waals surface area (Å²) in [5.41, 5.74) is 1.54. The maximum atomic E-state index is 12.1. The van der Waals surface area contributed by atoms with Crippen LogP contribution in [0.1, 0.15) is 32.4 Å². The van der Waals surface area contributed by atoms with Gasteiger partial charge in [-0.05, 0) is 70.3 Å². The van der Waals surface area contributed by atoms with Crippen LogP contribution in [-0.2, 0) is 9.53 Å². The summed E-state index contributed by atoms with van der Waals surface area (Å²) in [7, 11) is 1.31. The number of hydrogen-bond acceptors (Lipinski definition) is 4. The van der Waals surface area contributed by atoms with Crippen molar-refractivity contribution in [3.8, 4) is 5.75 Å². The Hall–Kier alpha value is -1.54. The number of hydrogen-bond donors (Lipinski definition) is 2. The summed E-state index contributed by atoms with van der Waals surface area (Å²) in [6, 6.07) is 2.64. The van der Waals surface area contributed by atoms with Gasteiger partial charge < -0.3 is 20.1 Å². The van der Waals surface area contributed by atoms with E-state index in [9.17, 15) is 9.59 Å². The lowest BCUT2D eigenvalue weighted by atomic mass is 9.95. The number of halogens is 2. The van der Waals surface area contributed by atoms with Crippen molar-refractivity contribution in [1.29, 1.82) is 0 Å². The lowest BCUT2D eigenvalue weighted by molar-refractivity contribution is -0.136. The highest BCUT2D eigenvalue weighted by molar-refractivity contribution is 9.11. The van der Waals surface area contributed by atoms with Gasteiger partial charge in [-0.3, -0.25) is 0 Å². The summed E-state index contributed by atoms with van der Waals surface area (Å²) in [5, 5.41) is 5.34. The minimum absolute atomic E-state index is 0.00908. The summed E-state index contributed by atoms with van der Waals surface area (Å²) in [6.07, 6.45) is 0.00908. The van der Waals surface area contributed by atoms with E-state index in [0.717, 1.165) is 14.5 Å². The van der Waals surface area contributed by atoms with E-state index in [4.69, 9.17) is 9.47 Å². The van der Waals surface area contributed by atoms with Crippen LogP contribution in [0.3, 0.4) is 0 Å². The molecule has 24 heavy (non-hydrogen) atoms. The van der Waals surface area contributed by atoms with E-state index in [0.29, 0.717) is 17.0 Å². The first kappa shape index (κ1) is 18.8. The van der Waals surface area contributed by atoms with Crippen molar-refractivity contribution in [2.75, 3.05) is 7.11 Å². The average Bonchev–Trinajstić information content (AvgIpc) is 2.49. The van der Waals surface area contributed by atoms with Crippen LogP contribution in [0.4, 0.5) is 4.79 Å². The fourth-order valence-corrected chi connectivity index (χ4v) is 3.83. The van der Waals surface area contributed by atoms with Crippen molar-refractivity contribution < 1.29 is 19.1 Å². The van der Waals surface area contributed by atoms with E-state index >= 15 is 0 Å². The second-order valence-corrected chi connectivity index (χ2v) is 7.25. The van der Waals surface area contributed by atoms with Gasteiger partial charge in [0.2, 0.25) is 0 Å². The highest BCUT2D eigenvalue weighted by Crippen LogP contribution is 2.39. The Morgan fingerprint density at radius 2 is 1.83 bits per heavy atom. The Labute approximate surface area is 157 Å². The van der Waals surface area contributed by atoms with Crippen LogP contribution in [0.25, 0.3) is 0 Å². The van der Waals surface area contributed by atoms with E-state index < -0.39 is 12.0 Å². The first-order valence-corrected chi connectivity index (χ1v) is 8.85. The molecule has 2 N–H and O–H groups in total. The Kier molecular flexibility index (Phi) is 5.92. The quantitative estimate of drug-likeness (QED) is 0.668. The predicted octanol–water partition coefficient (Wildman–Crippen LogP) is 3.80. The van der Waals surface area contributed by atoms with Crippen LogP contribution < -0.4 is 15.4 Å². The molecule has 1 aliphatic heterocycles. The topological polar surface area (TPSA) is 76.7 Å². The van der Waals surface area contributed by atoms with Crippen molar-refractivity contribution >= 4 is 43.9 Å². The summed E-state index contributed by atoms with van der Waals surface area (Å²) in [4.78, 5) is 24.0. The molecule has 0 fully saturated rings. The largest absolute Gasteiger partial charge is 0.489 e. The lowest BCUT2D eigenvalue weighted by Gasteiger charge is -2.28.